The van der Waals surface area contributed by atoms with E-state index in [1.54, 1.807) is 37.9 Å². The lowest BCUT2D eigenvalue weighted by Gasteiger charge is -2.22. The highest BCUT2D eigenvalue weighted by atomic mass is 32.1. The minimum Gasteiger partial charge on any atom is -0.493 e. The third-order valence-electron chi connectivity index (χ3n) is 4.96. The van der Waals surface area contributed by atoms with E-state index >= 15 is 0 Å². The van der Waals surface area contributed by atoms with Crippen LogP contribution in [0.25, 0.3) is 6.08 Å². The number of rotatable bonds is 5. The van der Waals surface area contributed by atoms with Gasteiger partial charge in [-0.1, -0.05) is 29.5 Å². The molecule has 0 fully saturated rings. The van der Waals surface area contributed by atoms with Crippen LogP contribution in [0.4, 0.5) is 0 Å². The first-order valence-electron chi connectivity index (χ1n) is 9.35. The van der Waals surface area contributed by atoms with Gasteiger partial charge in [-0.2, -0.15) is 0 Å². The number of methoxy groups -OCH3 is 3. The highest BCUT2D eigenvalue weighted by molar-refractivity contribution is 7.10. The van der Waals surface area contributed by atoms with E-state index in [4.69, 9.17) is 14.2 Å². The molecule has 3 heterocycles. The summed E-state index contributed by atoms with van der Waals surface area (Å²) in [4.78, 5) is 32.0. The Morgan fingerprint density at radius 3 is 2.61 bits per heavy atom. The number of thiophene rings is 1. The molecule has 0 N–H and O–H groups in total. The Labute approximate surface area is 186 Å². The van der Waals surface area contributed by atoms with Gasteiger partial charge in [-0.15, -0.1) is 11.3 Å². The van der Waals surface area contributed by atoms with Gasteiger partial charge in [0.1, 0.15) is 6.04 Å². The van der Waals surface area contributed by atoms with E-state index < -0.39 is 12.0 Å². The molecule has 0 unspecified atom stereocenters. The highest BCUT2D eigenvalue weighted by Gasteiger charge is 2.33. The summed E-state index contributed by atoms with van der Waals surface area (Å²) >= 11 is 2.74. The molecule has 2 aromatic heterocycles. The summed E-state index contributed by atoms with van der Waals surface area (Å²) in [7, 11) is 4.45. The monoisotopic (exact) mass is 456 g/mol. The van der Waals surface area contributed by atoms with Crippen LogP contribution in [0, 0.1) is 0 Å². The molecular weight excluding hydrogens is 436 g/mol. The second kappa shape index (κ2) is 8.52. The van der Waals surface area contributed by atoms with Gasteiger partial charge in [0.05, 0.1) is 37.1 Å². The second-order valence-corrected chi connectivity index (χ2v) is 8.66. The maximum atomic E-state index is 13.5. The van der Waals surface area contributed by atoms with E-state index in [1.165, 1.54) is 29.8 Å². The van der Waals surface area contributed by atoms with Crippen LogP contribution < -0.4 is 24.4 Å². The fourth-order valence-corrected chi connectivity index (χ4v) is 5.44. The van der Waals surface area contributed by atoms with Crippen molar-refractivity contribution in [2.45, 2.75) is 13.0 Å². The summed E-state index contributed by atoms with van der Waals surface area (Å²) in [5.41, 5.74) is 1.38. The number of carbonyl (C=O) groups excluding carboxylic acids is 1. The zero-order chi connectivity index (χ0) is 22.1. The van der Waals surface area contributed by atoms with Crippen LogP contribution >= 0.6 is 22.7 Å². The van der Waals surface area contributed by atoms with Crippen molar-refractivity contribution in [1.82, 2.24) is 4.57 Å². The molecule has 0 radical (unpaired) electrons. The van der Waals surface area contributed by atoms with Gasteiger partial charge in [0.25, 0.3) is 5.56 Å². The van der Waals surface area contributed by atoms with Crippen molar-refractivity contribution in [3.63, 3.8) is 0 Å². The van der Waals surface area contributed by atoms with Gasteiger partial charge < -0.3 is 14.2 Å². The molecular formula is C22H20N2O5S2. The van der Waals surface area contributed by atoms with Crippen LogP contribution in [0.1, 0.15) is 23.4 Å². The smallest absolute Gasteiger partial charge is 0.338 e. The van der Waals surface area contributed by atoms with E-state index in [-0.39, 0.29) is 5.56 Å². The molecule has 0 saturated heterocycles. The average Bonchev–Trinajstić information content (AvgIpc) is 3.41. The summed E-state index contributed by atoms with van der Waals surface area (Å²) in [6.45, 7) is 1.76. The van der Waals surface area contributed by atoms with Crippen molar-refractivity contribution in [1.29, 1.82) is 0 Å². The highest BCUT2D eigenvalue weighted by Crippen LogP contribution is 2.33. The van der Waals surface area contributed by atoms with Crippen molar-refractivity contribution >= 4 is 34.7 Å². The number of para-hydroxylation sites is 1. The summed E-state index contributed by atoms with van der Waals surface area (Å²) in [6.07, 6.45) is 1.76. The lowest BCUT2D eigenvalue weighted by Crippen LogP contribution is -2.39. The predicted molar refractivity (Wildman–Crippen MR) is 120 cm³/mol. The maximum absolute atomic E-state index is 13.5. The Bertz CT molecular complexity index is 1350. The van der Waals surface area contributed by atoms with Crippen molar-refractivity contribution < 1.29 is 19.0 Å². The number of aromatic nitrogens is 1. The van der Waals surface area contributed by atoms with Crippen LogP contribution in [-0.2, 0) is 9.53 Å². The van der Waals surface area contributed by atoms with Crippen LogP contribution in [0.15, 0.2) is 56.8 Å². The molecule has 7 nitrogen and oxygen atoms in total. The van der Waals surface area contributed by atoms with E-state index in [0.717, 1.165) is 4.88 Å². The molecule has 1 aromatic carbocycles. The number of benzene rings is 1. The number of thiazole rings is 1. The molecule has 160 valence electrons. The number of ether oxygens (including phenoxy) is 3. The normalized spacial score (nSPS) is 16.0. The number of allylic oxidation sites excluding steroid dienone is 1. The van der Waals surface area contributed by atoms with Gasteiger partial charge in [-0.05, 0) is 30.5 Å². The molecule has 1 aliphatic heterocycles. The molecule has 0 bridgehead atoms. The fourth-order valence-electron chi connectivity index (χ4n) is 3.58. The molecule has 4 rings (SSSR count). The van der Waals surface area contributed by atoms with E-state index in [2.05, 4.69) is 4.99 Å². The number of carbonyl (C=O) groups is 1. The zero-order valence-corrected chi connectivity index (χ0v) is 19.0. The minimum atomic E-state index is -0.585. The Hall–Kier alpha value is -3.17. The molecule has 31 heavy (non-hydrogen) atoms. The number of hydrogen-bond acceptors (Lipinski definition) is 8. The first kappa shape index (κ1) is 21.1. The predicted octanol–water partition coefficient (Wildman–Crippen LogP) is 2.49. The summed E-state index contributed by atoms with van der Waals surface area (Å²) in [5.74, 6) is 0.616. The fraction of sp³-hybridized carbons (Fsp3) is 0.227. The van der Waals surface area contributed by atoms with Gasteiger partial charge in [0, 0.05) is 10.4 Å². The third-order valence-corrected chi connectivity index (χ3v) is 6.87. The topological polar surface area (TPSA) is 79.1 Å². The molecule has 0 spiro atoms. The van der Waals surface area contributed by atoms with Gasteiger partial charge in [0.15, 0.2) is 16.3 Å². The lowest BCUT2D eigenvalue weighted by molar-refractivity contribution is -0.136. The minimum absolute atomic E-state index is 0.235. The zero-order valence-electron chi connectivity index (χ0n) is 17.4. The number of esters is 1. The van der Waals surface area contributed by atoms with Crippen LogP contribution in [0.5, 0.6) is 11.5 Å². The van der Waals surface area contributed by atoms with Crippen molar-refractivity contribution in [3.05, 3.63) is 77.1 Å². The Morgan fingerprint density at radius 2 is 1.97 bits per heavy atom. The second-order valence-electron chi connectivity index (χ2n) is 6.67. The number of fused-ring (bicyclic) bond motifs is 1. The van der Waals surface area contributed by atoms with E-state index in [0.29, 0.717) is 37.7 Å². The maximum Gasteiger partial charge on any atom is 0.338 e. The average molecular weight is 457 g/mol. The quantitative estimate of drug-likeness (QED) is 0.551. The van der Waals surface area contributed by atoms with Gasteiger partial charge in [-0.25, -0.2) is 9.79 Å². The molecule has 0 amide bonds. The summed E-state index contributed by atoms with van der Waals surface area (Å²) in [5, 5.41) is 1.91. The first-order valence-corrected chi connectivity index (χ1v) is 11.0. The molecule has 9 heteroatoms. The molecule has 0 saturated carbocycles. The van der Waals surface area contributed by atoms with Crippen molar-refractivity contribution in [3.8, 4) is 11.5 Å². The van der Waals surface area contributed by atoms with Gasteiger partial charge in [-0.3, -0.25) is 9.36 Å². The Morgan fingerprint density at radius 1 is 1.16 bits per heavy atom. The van der Waals surface area contributed by atoms with Crippen molar-refractivity contribution in [2.24, 2.45) is 4.99 Å². The van der Waals surface area contributed by atoms with Crippen LogP contribution in [-0.4, -0.2) is 31.9 Å². The van der Waals surface area contributed by atoms with E-state index in [1.807, 2.05) is 29.6 Å². The van der Waals surface area contributed by atoms with Crippen molar-refractivity contribution in [2.75, 3.05) is 21.3 Å². The SMILES string of the molecule is COC(=O)C1=C(C)N=c2s/c(=C/c3cccc(OC)c3OC)c(=O)n2[C@H]1c1cccs1. The molecule has 3 aromatic rings. The first-order chi connectivity index (χ1) is 15.0. The summed E-state index contributed by atoms with van der Waals surface area (Å²) < 4.78 is 17.9. The molecule has 1 atom stereocenters. The number of hydrogen-bond donors (Lipinski definition) is 0. The Balaban J connectivity index is 1.97. The lowest BCUT2D eigenvalue weighted by atomic mass is 10.0. The standard InChI is InChI=1S/C22H20N2O5S2/c1-12-17(21(26)29-4)18(15-9-6-10-30-15)24-20(25)16(31-22(24)23-12)11-13-7-5-8-14(27-2)19(13)28-3/h5-11,18H,1-4H3/b16-11+/t18-/m0/s1. The Kier molecular flexibility index (Phi) is 5.79. The van der Waals surface area contributed by atoms with Crippen LogP contribution in [0.3, 0.4) is 0 Å². The van der Waals surface area contributed by atoms with Gasteiger partial charge >= 0.3 is 5.97 Å². The van der Waals surface area contributed by atoms with Crippen LogP contribution in [0.2, 0.25) is 0 Å². The number of nitrogens with zero attached hydrogens (tertiary/aromatic N) is 2. The van der Waals surface area contributed by atoms with E-state index in [9.17, 15) is 9.59 Å². The molecule has 0 aliphatic carbocycles. The summed E-state index contributed by atoms with van der Waals surface area (Å²) in [6, 6.07) is 8.68. The molecule has 1 aliphatic rings. The largest absolute Gasteiger partial charge is 0.493 e. The third kappa shape index (κ3) is 3.60. The van der Waals surface area contributed by atoms with Gasteiger partial charge in [0.2, 0.25) is 0 Å².